The molecule has 5 atom stereocenters. The van der Waals surface area contributed by atoms with Gasteiger partial charge in [-0.2, -0.15) is 0 Å². The van der Waals surface area contributed by atoms with Gasteiger partial charge in [0.1, 0.15) is 12.0 Å². The number of nitro groups is 1. The maximum absolute atomic E-state index is 13.3. The molecule has 3 aliphatic rings. The standard InChI is InChI=1S/C24H32N2O8S3Si/c1-24(2,3)38(4,5)34-11-16-20(28)25-19(22(29)33-10-14-6-8-15(9-7-14)26(30)31)23(36-21(16)25)35-18-13-37(32)12-17(18)27/h6-9,16-18,21,27H,10-13H2,1-5H3/t16-,17?,18?,21+,37+/m0/s1. The lowest BCUT2D eigenvalue weighted by atomic mass is 9.99. The van der Waals surface area contributed by atoms with Crippen molar-refractivity contribution in [3.05, 3.63) is 49.9 Å². The average molecular weight is 601 g/mol. The first kappa shape index (κ1) is 29.3. The molecule has 1 N–H and O–H groups in total. The minimum atomic E-state index is -2.09. The lowest BCUT2D eigenvalue weighted by Crippen LogP contribution is -2.60. The van der Waals surface area contributed by atoms with Crippen molar-refractivity contribution >= 4 is 60.2 Å². The fraction of sp³-hybridized carbons (Fsp3) is 0.583. The van der Waals surface area contributed by atoms with Crippen LogP contribution in [0.1, 0.15) is 26.3 Å². The summed E-state index contributed by atoms with van der Waals surface area (Å²) in [6.45, 7) is 10.8. The first-order valence-corrected chi connectivity index (χ1v) is 18.3. The molecule has 38 heavy (non-hydrogen) atoms. The number of amides is 1. The molecule has 10 nitrogen and oxygen atoms in total. The Morgan fingerprint density at radius 1 is 1.29 bits per heavy atom. The highest BCUT2D eigenvalue weighted by molar-refractivity contribution is 8.23. The van der Waals surface area contributed by atoms with E-state index in [9.17, 15) is 29.0 Å². The van der Waals surface area contributed by atoms with Gasteiger partial charge in [-0.3, -0.25) is 24.0 Å². The van der Waals surface area contributed by atoms with E-state index in [1.807, 2.05) is 0 Å². The number of aliphatic hydroxyl groups is 1. The van der Waals surface area contributed by atoms with Crippen LogP contribution in [0.3, 0.4) is 0 Å². The maximum atomic E-state index is 13.3. The van der Waals surface area contributed by atoms with Gasteiger partial charge in [0, 0.05) is 40.5 Å². The highest BCUT2D eigenvalue weighted by Gasteiger charge is 2.57. The van der Waals surface area contributed by atoms with Gasteiger partial charge in [0.2, 0.25) is 5.91 Å². The Morgan fingerprint density at radius 3 is 2.50 bits per heavy atom. The van der Waals surface area contributed by atoms with E-state index in [-0.39, 0.29) is 51.9 Å². The number of rotatable bonds is 9. The zero-order chi connectivity index (χ0) is 28.0. The number of esters is 1. The number of carbonyl (C=O) groups is 2. The fourth-order valence-corrected chi connectivity index (χ4v) is 10.0. The van der Waals surface area contributed by atoms with Gasteiger partial charge in [-0.15, -0.1) is 11.8 Å². The zero-order valence-electron chi connectivity index (χ0n) is 21.9. The molecule has 2 fully saturated rings. The van der Waals surface area contributed by atoms with Gasteiger partial charge in [0.15, 0.2) is 14.0 Å². The second kappa shape index (κ2) is 11.0. The topological polar surface area (TPSA) is 136 Å². The monoisotopic (exact) mass is 600 g/mol. The highest BCUT2D eigenvalue weighted by atomic mass is 32.2. The second-order valence-electron chi connectivity index (χ2n) is 11.0. The molecule has 14 heteroatoms. The maximum Gasteiger partial charge on any atom is 0.357 e. The number of nitro benzene ring substituents is 1. The number of thioether (sulfide) groups is 2. The number of nitrogens with zero attached hydrogens (tertiary/aromatic N) is 2. The number of aliphatic hydroxyl groups excluding tert-OH is 1. The molecular weight excluding hydrogens is 569 g/mol. The third-order valence-electron chi connectivity index (χ3n) is 7.35. The molecule has 0 radical (unpaired) electrons. The van der Waals surface area contributed by atoms with Crippen molar-refractivity contribution in [2.75, 3.05) is 18.1 Å². The van der Waals surface area contributed by atoms with Crippen molar-refractivity contribution in [3.8, 4) is 0 Å². The Balaban J connectivity index is 1.50. The summed E-state index contributed by atoms with van der Waals surface area (Å²) in [5.74, 6) is -0.823. The van der Waals surface area contributed by atoms with Crippen LogP contribution in [0, 0.1) is 16.0 Å². The van der Waals surface area contributed by atoms with Gasteiger partial charge in [-0.05, 0) is 35.8 Å². The van der Waals surface area contributed by atoms with Gasteiger partial charge in [-0.1, -0.05) is 32.5 Å². The molecule has 0 spiro atoms. The van der Waals surface area contributed by atoms with Gasteiger partial charge >= 0.3 is 5.97 Å². The Labute approximate surface area is 233 Å². The van der Waals surface area contributed by atoms with Gasteiger partial charge in [0.05, 0.1) is 26.9 Å². The molecule has 1 amide bonds. The van der Waals surface area contributed by atoms with E-state index in [1.165, 1.54) is 52.7 Å². The van der Waals surface area contributed by atoms with Crippen LogP contribution in [-0.2, 0) is 36.2 Å². The van der Waals surface area contributed by atoms with Crippen LogP contribution in [0.25, 0.3) is 0 Å². The van der Waals surface area contributed by atoms with Gasteiger partial charge in [0.25, 0.3) is 5.69 Å². The molecule has 208 valence electrons. The summed E-state index contributed by atoms with van der Waals surface area (Å²) in [6, 6.07) is 5.68. The molecule has 3 heterocycles. The van der Waals surface area contributed by atoms with E-state index < -0.39 is 42.0 Å². The molecule has 2 unspecified atom stereocenters. The molecule has 0 aromatic heterocycles. The van der Waals surface area contributed by atoms with E-state index in [4.69, 9.17) is 9.16 Å². The second-order valence-corrected chi connectivity index (χ2v) is 20.0. The first-order valence-electron chi connectivity index (χ1n) is 12.2. The molecule has 1 aromatic carbocycles. The highest BCUT2D eigenvalue weighted by Crippen LogP contribution is 2.55. The van der Waals surface area contributed by atoms with Gasteiger partial charge < -0.3 is 14.3 Å². The normalized spacial score (nSPS) is 27.4. The molecule has 4 rings (SSSR count). The van der Waals surface area contributed by atoms with E-state index in [0.717, 1.165) is 0 Å². The van der Waals surface area contributed by atoms with Crippen molar-refractivity contribution in [2.45, 2.75) is 62.2 Å². The molecule has 3 aliphatic heterocycles. The molecule has 2 saturated heterocycles. The summed E-state index contributed by atoms with van der Waals surface area (Å²) in [4.78, 5) is 38.3. The van der Waals surface area contributed by atoms with Crippen LogP contribution in [0.15, 0.2) is 34.2 Å². The SMILES string of the molecule is CC(C)(C)[Si](C)(C)OC[C@H]1C(=O)N2C(C(=O)OCc3ccc([N+](=O)[O-])cc3)=C(SC3C[S@](=O)CC3O)S[C@H]12. The zero-order valence-corrected chi connectivity index (χ0v) is 25.3. The van der Waals surface area contributed by atoms with Gasteiger partial charge in [-0.25, -0.2) is 4.79 Å². The molecular formula is C24H32N2O8S3Si. The lowest BCUT2D eigenvalue weighted by molar-refractivity contribution is -0.384. The molecule has 0 saturated carbocycles. The Hall–Kier alpha value is -1.71. The predicted molar refractivity (Wildman–Crippen MR) is 150 cm³/mol. The van der Waals surface area contributed by atoms with Crippen molar-refractivity contribution in [1.29, 1.82) is 0 Å². The van der Waals surface area contributed by atoms with Crippen molar-refractivity contribution in [2.24, 2.45) is 5.92 Å². The third kappa shape index (κ3) is 5.89. The average Bonchev–Trinajstić information content (AvgIpc) is 3.33. The van der Waals surface area contributed by atoms with Crippen molar-refractivity contribution < 1.29 is 33.0 Å². The number of hydrogen-bond acceptors (Lipinski definition) is 10. The quantitative estimate of drug-likeness (QED) is 0.147. The number of carbonyl (C=O) groups excluding carboxylic acids is 2. The Bertz CT molecular complexity index is 1180. The predicted octanol–water partition coefficient (Wildman–Crippen LogP) is 3.59. The molecule has 0 aliphatic carbocycles. The Morgan fingerprint density at radius 2 is 1.95 bits per heavy atom. The summed E-state index contributed by atoms with van der Waals surface area (Å²) >= 11 is 2.65. The van der Waals surface area contributed by atoms with Crippen LogP contribution >= 0.6 is 23.5 Å². The number of hydrogen-bond donors (Lipinski definition) is 1. The number of benzene rings is 1. The smallest absolute Gasteiger partial charge is 0.357 e. The van der Waals surface area contributed by atoms with Crippen LogP contribution < -0.4 is 0 Å². The molecule has 1 aromatic rings. The lowest BCUT2D eigenvalue weighted by Gasteiger charge is -2.44. The summed E-state index contributed by atoms with van der Waals surface area (Å²) in [5.41, 5.74) is 0.629. The third-order valence-corrected chi connectivity index (χ3v) is 16.5. The summed E-state index contributed by atoms with van der Waals surface area (Å²) in [6.07, 6.45) is -0.770. The van der Waals surface area contributed by atoms with E-state index >= 15 is 0 Å². The van der Waals surface area contributed by atoms with E-state index in [2.05, 4.69) is 33.9 Å². The van der Waals surface area contributed by atoms with Crippen molar-refractivity contribution in [1.82, 2.24) is 4.90 Å². The van der Waals surface area contributed by atoms with Crippen molar-refractivity contribution in [3.63, 3.8) is 0 Å². The Kier molecular flexibility index (Phi) is 8.51. The minimum Gasteiger partial charge on any atom is -0.456 e. The van der Waals surface area contributed by atoms with Crippen LogP contribution in [-0.4, -0.2) is 74.2 Å². The van der Waals surface area contributed by atoms with Crippen LogP contribution in [0.5, 0.6) is 0 Å². The van der Waals surface area contributed by atoms with Crippen LogP contribution in [0.4, 0.5) is 5.69 Å². The number of fused-ring (bicyclic) bond motifs is 1. The molecule has 0 bridgehead atoms. The summed E-state index contributed by atoms with van der Waals surface area (Å²) in [7, 11) is -3.23. The fourth-order valence-electron chi connectivity index (χ4n) is 3.93. The largest absolute Gasteiger partial charge is 0.456 e. The first-order chi connectivity index (χ1) is 17.7. The van der Waals surface area contributed by atoms with E-state index in [0.29, 0.717) is 15.6 Å². The number of non-ortho nitro benzene ring substituents is 1. The van der Waals surface area contributed by atoms with E-state index in [1.54, 1.807) is 0 Å². The minimum absolute atomic E-state index is 0.0113. The van der Waals surface area contributed by atoms with Crippen LogP contribution in [0.2, 0.25) is 18.1 Å². The number of β-lactam (4-membered cyclic amide) rings is 1. The summed E-state index contributed by atoms with van der Waals surface area (Å²) < 4.78 is 24.4. The summed E-state index contributed by atoms with van der Waals surface area (Å²) in [5, 5.41) is 20.6. The number of ether oxygens (including phenoxy) is 1.